The first kappa shape index (κ1) is 24.2. The quantitative estimate of drug-likeness (QED) is 0.582. The molecule has 1 aromatic heterocycles. The smallest absolute Gasteiger partial charge is 0.168 e. The van der Waals surface area contributed by atoms with E-state index in [1.165, 1.54) is 31.7 Å². The van der Waals surface area contributed by atoms with Gasteiger partial charge in [-0.15, -0.1) is 0 Å². The SMILES string of the molecule is CCCC1CCN(c2ccnc(C=O)c2)CC1.CNC1(Cc2cc(F)ccc2OC)CC1. The van der Waals surface area contributed by atoms with Crippen LogP contribution in [0.3, 0.4) is 0 Å². The molecule has 1 N–H and O–H groups in total. The lowest BCUT2D eigenvalue weighted by Gasteiger charge is -2.33. The maximum atomic E-state index is 13.1. The van der Waals surface area contributed by atoms with Crippen molar-refractivity contribution in [3.8, 4) is 5.75 Å². The number of benzene rings is 1. The van der Waals surface area contributed by atoms with Crippen molar-refractivity contribution in [1.82, 2.24) is 10.3 Å². The highest BCUT2D eigenvalue weighted by Gasteiger charge is 2.41. The van der Waals surface area contributed by atoms with E-state index in [0.717, 1.165) is 61.6 Å². The van der Waals surface area contributed by atoms with E-state index >= 15 is 0 Å². The van der Waals surface area contributed by atoms with Crippen molar-refractivity contribution in [2.45, 2.75) is 57.4 Å². The third kappa shape index (κ3) is 6.52. The molecule has 1 saturated carbocycles. The zero-order chi connectivity index (χ0) is 23.0. The molecule has 0 bridgehead atoms. The Balaban J connectivity index is 0.000000182. The predicted molar refractivity (Wildman–Crippen MR) is 127 cm³/mol. The number of halogens is 1. The zero-order valence-corrected chi connectivity index (χ0v) is 19.6. The first-order chi connectivity index (χ1) is 15.5. The summed E-state index contributed by atoms with van der Waals surface area (Å²) in [6, 6.07) is 8.56. The van der Waals surface area contributed by atoms with E-state index in [0.29, 0.717) is 5.69 Å². The van der Waals surface area contributed by atoms with Crippen LogP contribution in [0.15, 0.2) is 36.5 Å². The minimum Gasteiger partial charge on any atom is -0.496 e. The summed E-state index contributed by atoms with van der Waals surface area (Å²) in [6.45, 7) is 4.46. The normalized spacial score (nSPS) is 17.3. The molecule has 0 amide bonds. The van der Waals surface area contributed by atoms with E-state index < -0.39 is 0 Å². The number of methoxy groups -OCH3 is 1. The molecule has 2 fully saturated rings. The van der Waals surface area contributed by atoms with Gasteiger partial charge in [-0.2, -0.15) is 0 Å². The van der Waals surface area contributed by atoms with E-state index in [4.69, 9.17) is 4.74 Å². The van der Waals surface area contributed by atoms with Crippen molar-refractivity contribution in [2.75, 3.05) is 32.1 Å². The van der Waals surface area contributed by atoms with Crippen LogP contribution in [-0.4, -0.2) is 44.1 Å². The number of ether oxygens (including phenoxy) is 1. The van der Waals surface area contributed by atoms with Crippen molar-refractivity contribution in [1.29, 1.82) is 0 Å². The molecule has 32 heavy (non-hydrogen) atoms. The lowest BCUT2D eigenvalue weighted by atomic mass is 9.92. The van der Waals surface area contributed by atoms with Gasteiger partial charge in [-0.3, -0.25) is 9.78 Å². The van der Waals surface area contributed by atoms with Crippen LogP contribution in [-0.2, 0) is 6.42 Å². The fraction of sp³-hybridized carbons (Fsp3) is 0.538. The van der Waals surface area contributed by atoms with Crippen molar-refractivity contribution >= 4 is 12.0 Å². The van der Waals surface area contributed by atoms with E-state index in [2.05, 4.69) is 22.1 Å². The zero-order valence-electron chi connectivity index (χ0n) is 19.6. The Labute approximate surface area is 191 Å². The lowest BCUT2D eigenvalue weighted by Crippen LogP contribution is -2.33. The Bertz CT molecular complexity index is 877. The molecule has 1 aliphatic carbocycles. The second-order valence-corrected chi connectivity index (χ2v) is 8.94. The van der Waals surface area contributed by atoms with Crippen LogP contribution in [0.25, 0.3) is 0 Å². The van der Waals surface area contributed by atoms with E-state index in [-0.39, 0.29) is 11.4 Å². The third-order valence-electron chi connectivity index (χ3n) is 6.72. The lowest BCUT2D eigenvalue weighted by molar-refractivity contribution is 0.111. The number of likely N-dealkylation sites (N-methyl/N-ethyl adjacent to an activating group) is 1. The first-order valence-electron chi connectivity index (χ1n) is 11.7. The highest BCUT2D eigenvalue weighted by atomic mass is 19.1. The van der Waals surface area contributed by atoms with Gasteiger partial charge in [-0.25, -0.2) is 4.39 Å². The van der Waals surface area contributed by atoms with Crippen LogP contribution in [0.2, 0.25) is 0 Å². The summed E-state index contributed by atoms with van der Waals surface area (Å²) >= 11 is 0. The molecule has 1 saturated heterocycles. The van der Waals surface area contributed by atoms with Gasteiger partial charge in [0, 0.05) is 30.5 Å². The van der Waals surface area contributed by atoms with Gasteiger partial charge in [-0.1, -0.05) is 19.8 Å². The summed E-state index contributed by atoms with van der Waals surface area (Å²) in [5, 5.41) is 3.29. The number of pyridine rings is 1. The van der Waals surface area contributed by atoms with E-state index in [1.54, 1.807) is 25.4 Å². The summed E-state index contributed by atoms with van der Waals surface area (Å²) in [7, 11) is 3.58. The minimum atomic E-state index is -0.197. The summed E-state index contributed by atoms with van der Waals surface area (Å²) in [4.78, 5) is 17.1. The van der Waals surface area contributed by atoms with Crippen LogP contribution in [0.5, 0.6) is 5.75 Å². The van der Waals surface area contributed by atoms with Crippen molar-refractivity contribution in [2.24, 2.45) is 5.92 Å². The highest BCUT2D eigenvalue weighted by molar-refractivity contribution is 5.74. The first-order valence-corrected chi connectivity index (χ1v) is 11.7. The van der Waals surface area contributed by atoms with Gasteiger partial charge in [-0.05, 0) is 81.0 Å². The number of nitrogens with zero attached hydrogens (tertiary/aromatic N) is 2. The molecule has 1 aliphatic heterocycles. The molecule has 174 valence electrons. The van der Waals surface area contributed by atoms with Gasteiger partial charge in [0.25, 0.3) is 0 Å². The molecule has 2 aromatic rings. The number of carbonyl (C=O) groups is 1. The average molecular weight is 442 g/mol. The number of aromatic nitrogens is 1. The minimum absolute atomic E-state index is 0.182. The molecule has 2 heterocycles. The molecule has 1 aromatic carbocycles. The molecule has 4 rings (SSSR count). The average Bonchev–Trinajstić information content (AvgIpc) is 3.60. The van der Waals surface area contributed by atoms with Crippen LogP contribution < -0.4 is 15.0 Å². The fourth-order valence-electron chi connectivity index (χ4n) is 4.50. The number of hydrogen-bond acceptors (Lipinski definition) is 5. The number of nitrogens with one attached hydrogen (secondary N) is 1. The van der Waals surface area contributed by atoms with Crippen LogP contribution >= 0.6 is 0 Å². The second kappa shape index (κ2) is 11.4. The van der Waals surface area contributed by atoms with Crippen molar-refractivity contribution < 1.29 is 13.9 Å². The standard InChI is InChI=1S/C14H20N2O.C12H16FNO/c1-2-3-12-5-8-16(9-6-12)14-4-7-15-13(10-14)11-17;1-14-12(5-6-12)8-9-7-10(13)3-4-11(9)15-2/h4,7,10-12H,2-3,5-6,8-9H2,1H3;3-4,7,14H,5-6,8H2,1-2H3. The van der Waals surface area contributed by atoms with Crippen LogP contribution in [0, 0.1) is 11.7 Å². The molecular formula is C26H36FN3O2. The third-order valence-corrected chi connectivity index (χ3v) is 6.72. The number of piperidine rings is 1. The molecule has 5 nitrogen and oxygen atoms in total. The number of rotatable bonds is 8. The Morgan fingerprint density at radius 1 is 1.25 bits per heavy atom. The van der Waals surface area contributed by atoms with Crippen LogP contribution in [0.1, 0.15) is 61.5 Å². The van der Waals surface area contributed by atoms with E-state index in [1.807, 2.05) is 19.2 Å². The largest absolute Gasteiger partial charge is 0.496 e. The van der Waals surface area contributed by atoms with Gasteiger partial charge >= 0.3 is 0 Å². The Morgan fingerprint density at radius 3 is 2.59 bits per heavy atom. The molecule has 2 aliphatic rings. The maximum absolute atomic E-state index is 13.1. The summed E-state index contributed by atoms with van der Waals surface area (Å²) in [5.41, 5.74) is 2.79. The highest BCUT2D eigenvalue weighted by Crippen LogP contribution is 2.40. The van der Waals surface area contributed by atoms with Gasteiger partial charge in [0.2, 0.25) is 0 Å². The summed E-state index contributed by atoms with van der Waals surface area (Å²) in [6.07, 6.45) is 10.9. The molecular weight excluding hydrogens is 405 g/mol. The Hall–Kier alpha value is -2.47. The number of aldehydes is 1. The van der Waals surface area contributed by atoms with Crippen LogP contribution in [0.4, 0.5) is 10.1 Å². The number of carbonyl (C=O) groups excluding carboxylic acids is 1. The molecule has 0 spiro atoms. The van der Waals surface area contributed by atoms with Gasteiger partial charge in [0.1, 0.15) is 17.3 Å². The van der Waals surface area contributed by atoms with Gasteiger partial charge in [0.15, 0.2) is 6.29 Å². The fourth-order valence-corrected chi connectivity index (χ4v) is 4.50. The number of hydrogen-bond donors (Lipinski definition) is 1. The topological polar surface area (TPSA) is 54.5 Å². The molecule has 0 unspecified atom stereocenters. The van der Waals surface area contributed by atoms with Crippen molar-refractivity contribution in [3.63, 3.8) is 0 Å². The monoisotopic (exact) mass is 441 g/mol. The number of anilines is 1. The second-order valence-electron chi connectivity index (χ2n) is 8.94. The molecule has 6 heteroatoms. The maximum Gasteiger partial charge on any atom is 0.168 e. The Morgan fingerprint density at radius 2 is 2.00 bits per heavy atom. The van der Waals surface area contributed by atoms with E-state index in [9.17, 15) is 9.18 Å². The Kier molecular flexibility index (Phi) is 8.62. The molecule has 0 atom stereocenters. The summed E-state index contributed by atoms with van der Waals surface area (Å²) < 4.78 is 18.3. The van der Waals surface area contributed by atoms with Crippen molar-refractivity contribution in [3.05, 3.63) is 53.6 Å². The van der Waals surface area contributed by atoms with Gasteiger partial charge < -0.3 is 15.0 Å². The van der Waals surface area contributed by atoms with Gasteiger partial charge in [0.05, 0.1) is 7.11 Å². The predicted octanol–water partition coefficient (Wildman–Crippen LogP) is 5.04. The summed E-state index contributed by atoms with van der Waals surface area (Å²) in [5.74, 6) is 1.47. The molecule has 0 radical (unpaired) electrons.